The Balaban J connectivity index is 2.76. The molecule has 0 amide bonds. The van der Waals surface area contributed by atoms with E-state index in [0.717, 1.165) is 10.0 Å². The maximum absolute atomic E-state index is 10.9. The average molecular weight is 270 g/mol. The molecule has 0 heterocycles. The lowest BCUT2D eigenvalue weighted by Crippen LogP contribution is -2.13. The van der Waals surface area contributed by atoms with Crippen molar-refractivity contribution >= 4 is 21.7 Å². The summed E-state index contributed by atoms with van der Waals surface area (Å²) in [6.07, 6.45) is 1.26. The molecule has 0 saturated heterocycles. The Bertz CT molecular complexity index is 363. The van der Waals surface area contributed by atoms with Crippen LogP contribution in [0.25, 0.3) is 0 Å². The minimum atomic E-state index is -0.0496. The lowest BCUT2D eigenvalue weighted by Gasteiger charge is -2.14. The smallest absolute Gasteiger partial charge is 0.129 e. The van der Waals surface area contributed by atoms with Gasteiger partial charge in [0.2, 0.25) is 0 Å². The summed E-state index contributed by atoms with van der Waals surface area (Å²) in [5.74, 6) is 0.193. The SMILES string of the molecule is CC(=O)CCC(N)c1cc(Br)ccc1C. The predicted octanol–water partition coefficient (Wildman–Crippen LogP) is 3.13. The van der Waals surface area contributed by atoms with Crippen molar-refractivity contribution in [1.29, 1.82) is 0 Å². The minimum absolute atomic E-state index is 0.0496. The summed E-state index contributed by atoms with van der Waals surface area (Å²) < 4.78 is 1.03. The quantitative estimate of drug-likeness (QED) is 0.913. The van der Waals surface area contributed by atoms with E-state index in [0.29, 0.717) is 12.8 Å². The zero-order valence-corrected chi connectivity index (χ0v) is 10.7. The first-order valence-corrected chi connectivity index (χ1v) is 5.81. The lowest BCUT2D eigenvalue weighted by molar-refractivity contribution is -0.117. The number of aryl methyl sites for hydroxylation is 1. The van der Waals surface area contributed by atoms with Gasteiger partial charge in [-0.3, -0.25) is 0 Å². The van der Waals surface area contributed by atoms with Crippen molar-refractivity contribution in [3.05, 3.63) is 33.8 Å². The van der Waals surface area contributed by atoms with E-state index in [4.69, 9.17) is 5.73 Å². The number of carbonyl (C=O) groups is 1. The van der Waals surface area contributed by atoms with Gasteiger partial charge in [-0.1, -0.05) is 22.0 Å². The van der Waals surface area contributed by atoms with E-state index in [1.807, 2.05) is 25.1 Å². The summed E-state index contributed by atoms with van der Waals surface area (Å²) >= 11 is 3.42. The molecule has 0 spiro atoms. The van der Waals surface area contributed by atoms with Crippen LogP contribution in [0.5, 0.6) is 0 Å². The van der Waals surface area contributed by atoms with Gasteiger partial charge in [-0.15, -0.1) is 0 Å². The van der Waals surface area contributed by atoms with Crippen molar-refractivity contribution < 1.29 is 4.79 Å². The molecule has 0 radical (unpaired) electrons. The zero-order valence-electron chi connectivity index (χ0n) is 9.09. The van der Waals surface area contributed by atoms with Crippen LogP contribution in [0.15, 0.2) is 22.7 Å². The second-order valence-corrected chi connectivity index (χ2v) is 4.76. The standard InChI is InChI=1S/C12H16BrNO/c1-8-3-5-10(13)7-11(8)12(14)6-4-9(2)15/h3,5,7,12H,4,6,14H2,1-2H3. The van der Waals surface area contributed by atoms with Gasteiger partial charge in [-0.2, -0.15) is 0 Å². The summed E-state index contributed by atoms with van der Waals surface area (Å²) in [7, 11) is 0. The fraction of sp³-hybridized carbons (Fsp3) is 0.417. The number of Topliss-reactive ketones (excluding diaryl/α,β-unsaturated/α-hetero) is 1. The highest BCUT2D eigenvalue weighted by Gasteiger charge is 2.10. The van der Waals surface area contributed by atoms with E-state index in [1.54, 1.807) is 6.92 Å². The van der Waals surface area contributed by atoms with Gasteiger partial charge in [0, 0.05) is 16.9 Å². The zero-order chi connectivity index (χ0) is 11.4. The van der Waals surface area contributed by atoms with Gasteiger partial charge in [0.25, 0.3) is 0 Å². The molecule has 0 aliphatic rings. The molecular weight excluding hydrogens is 254 g/mol. The van der Waals surface area contributed by atoms with E-state index < -0.39 is 0 Å². The Morgan fingerprint density at radius 1 is 1.53 bits per heavy atom. The van der Waals surface area contributed by atoms with Crippen LogP contribution in [-0.4, -0.2) is 5.78 Å². The first-order chi connectivity index (χ1) is 7.00. The third kappa shape index (κ3) is 3.76. The number of rotatable bonds is 4. The van der Waals surface area contributed by atoms with Crippen LogP contribution in [0.1, 0.15) is 36.9 Å². The normalized spacial score (nSPS) is 12.5. The van der Waals surface area contributed by atoms with Crippen LogP contribution < -0.4 is 5.73 Å². The van der Waals surface area contributed by atoms with E-state index in [-0.39, 0.29) is 11.8 Å². The van der Waals surface area contributed by atoms with Crippen LogP contribution in [0, 0.1) is 6.92 Å². The molecule has 3 heteroatoms. The number of nitrogens with two attached hydrogens (primary N) is 1. The Morgan fingerprint density at radius 3 is 2.80 bits per heavy atom. The monoisotopic (exact) mass is 269 g/mol. The second-order valence-electron chi connectivity index (χ2n) is 3.85. The fourth-order valence-corrected chi connectivity index (χ4v) is 1.90. The second kappa shape index (κ2) is 5.42. The number of hydrogen-bond donors (Lipinski definition) is 1. The van der Waals surface area contributed by atoms with Crippen molar-refractivity contribution in [3.8, 4) is 0 Å². The largest absolute Gasteiger partial charge is 0.324 e. The predicted molar refractivity (Wildman–Crippen MR) is 65.7 cm³/mol. The molecule has 2 N–H and O–H groups in total. The highest BCUT2D eigenvalue weighted by Crippen LogP contribution is 2.23. The van der Waals surface area contributed by atoms with Crippen LogP contribution in [0.3, 0.4) is 0 Å². The molecule has 0 bridgehead atoms. The molecule has 0 saturated carbocycles. The molecule has 1 aromatic rings. The molecule has 1 rings (SSSR count). The molecule has 82 valence electrons. The molecule has 1 aromatic carbocycles. The van der Waals surface area contributed by atoms with E-state index in [9.17, 15) is 4.79 Å². The fourth-order valence-electron chi connectivity index (χ4n) is 1.53. The number of hydrogen-bond acceptors (Lipinski definition) is 2. The van der Waals surface area contributed by atoms with Crippen molar-refractivity contribution in [2.75, 3.05) is 0 Å². The van der Waals surface area contributed by atoms with Gasteiger partial charge in [-0.05, 0) is 43.5 Å². The molecule has 1 atom stereocenters. The number of halogens is 1. The van der Waals surface area contributed by atoms with Crippen LogP contribution in [0.2, 0.25) is 0 Å². The molecule has 2 nitrogen and oxygen atoms in total. The first-order valence-electron chi connectivity index (χ1n) is 5.01. The Morgan fingerprint density at radius 2 is 2.20 bits per heavy atom. The van der Waals surface area contributed by atoms with E-state index >= 15 is 0 Å². The molecule has 1 unspecified atom stereocenters. The third-order valence-corrected chi connectivity index (χ3v) is 2.94. The van der Waals surface area contributed by atoms with Crippen LogP contribution in [-0.2, 0) is 4.79 Å². The minimum Gasteiger partial charge on any atom is -0.324 e. The Hall–Kier alpha value is -0.670. The topological polar surface area (TPSA) is 43.1 Å². The van der Waals surface area contributed by atoms with Crippen molar-refractivity contribution in [2.45, 2.75) is 32.7 Å². The summed E-state index contributed by atoms with van der Waals surface area (Å²) in [5.41, 5.74) is 8.33. The van der Waals surface area contributed by atoms with Gasteiger partial charge >= 0.3 is 0 Å². The van der Waals surface area contributed by atoms with Crippen molar-refractivity contribution in [2.24, 2.45) is 5.73 Å². The highest BCUT2D eigenvalue weighted by molar-refractivity contribution is 9.10. The lowest BCUT2D eigenvalue weighted by atomic mass is 9.98. The molecule has 0 fully saturated rings. The van der Waals surface area contributed by atoms with Crippen LogP contribution in [0.4, 0.5) is 0 Å². The van der Waals surface area contributed by atoms with Crippen molar-refractivity contribution in [3.63, 3.8) is 0 Å². The summed E-state index contributed by atoms with van der Waals surface area (Å²) in [6.45, 7) is 3.63. The van der Waals surface area contributed by atoms with E-state index in [2.05, 4.69) is 15.9 Å². The summed E-state index contributed by atoms with van der Waals surface area (Å²) in [5, 5.41) is 0. The maximum atomic E-state index is 10.9. The number of carbonyl (C=O) groups excluding carboxylic acids is 1. The molecule has 15 heavy (non-hydrogen) atoms. The molecule has 0 aromatic heterocycles. The van der Waals surface area contributed by atoms with Gasteiger partial charge in [0.15, 0.2) is 0 Å². The van der Waals surface area contributed by atoms with Gasteiger partial charge < -0.3 is 10.5 Å². The molecular formula is C12H16BrNO. The molecule has 0 aliphatic carbocycles. The van der Waals surface area contributed by atoms with E-state index in [1.165, 1.54) is 5.56 Å². The van der Waals surface area contributed by atoms with Gasteiger partial charge in [0.05, 0.1) is 0 Å². The average Bonchev–Trinajstić information content (AvgIpc) is 2.18. The number of benzene rings is 1. The maximum Gasteiger partial charge on any atom is 0.129 e. The summed E-state index contributed by atoms with van der Waals surface area (Å²) in [4.78, 5) is 10.9. The first kappa shape index (κ1) is 12.4. The van der Waals surface area contributed by atoms with Gasteiger partial charge in [0.1, 0.15) is 5.78 Å². The van der Waals surface area contributed by atoms with Gasteiger partial charge in [-0.25, -0.2) is 0 Å². The molecule has 0 aliphatic heterocycles. The Kier molecular flexibility index (Phi) is 4.48. The summed E-state index contributed by atoms with van der Waals surface area (Å²) in [6, 6.07) is 6.01. The third-order valence-electron chi connectivity index (χ3n) is 2.45. The van der Waals surface area contributed by atoms with Crippen molar-refractivity contribution in [1.82, 2.24) is 0 Å². The number of ketones is 1. The van der Waals surface area contributed by atoms with Crippen LogP contribution >= 0.6 is 15.9 Å². The highest BCUT2D eigenvalue weighted by atomic mass is 79.9. The Labute approximate surface area is 99.0 Å².